The molecule has 1 aromatic carbocycles. The van der Waals surface area contributed by atoms with Crippen molar-refractivity contribution in [2.24, 2.45) is 11.7 Å². The molecule has 1 aromatic rings. The standard InChI is InChI=1S/C12H17BrN2/c1-15-8-9(7-14)6-12(15)10-2-4-11(13)5-3-10/h2-5,9,12H,6-8,14H2,1H3. The van der Waals surface area contributed by atoms with Crippen molar-refractivity contribution in [1.29, 1.82) is 0 Å². The van der Waals surface area contributed by atoms with Gasteiger partial charge in [0.05, 0.1) is 0 Å². The summed E-state index contributed by atoms with van der Waals surface area (Å²) in [6, 6.07) is 9.17. The molecule has 0 aliphatic carbocycles. The third-order valence-corrected chi connectivity index (χ3v) is 3.75. The first-order valence-electron chi connectivity index (χ1n) is 5.36. The van der Waals surface area contributed by atoms with E-state index < -0.39 is 0 Å². The lowest BCUT2D eigenvalue weighted by atomic mass is 10.0. The van der Waals surface area contributed by atoms with E-state index in [9.17, 15) is 0 Å². The molecule has 0 spiro atoms. The van der Waals surface area contributed by atoms with Gasteiger partial charge in [-0.05, 0) is 43.6 Å². The minimum absolute atomic E-state index is 0.548. The van der Waals surface area contributed by atoms with Crippen molar-refractivity contribution in [3.63, 3.8) is 0 Å². The van der Waals surface area contributed by atoms with Crippen LogP contribution in [0.1, 0.15) is 18.0 Å². The monoisotopic (exact) mass is 268 g/mol. The van der Waals surface area contributed by atoms with E-state index in [4.69, 9.17) is 5.73 Å². The van der Waals surface area contributed by atoms with Gasteiger partial charge < -0.3 is 5.73 Å². The predicted molar refractivity (Wildman–Crippen MR) is 66.7 cm³/mol. The van der Waals surface area contributed by atoms with Crippen LogP contribution in [-0.2, 0) is 0 Å². The zero-order chi connectivity index (χ0) is 10.8. The Morgan fingerprint density at radius 1 is 1.40 bits per heavy atom. The second-order valence-corrected chi connectivity index (χ2v) is 5.26. The van der Waals surface area contributed by atoms with Gasteiger partial charge in [0.15, 0.2) is 0 Å². The quantitative estimate of drug-likeness (QED) is 0.893. The second kappa shape index (κ2) is 4.64. The first-order chi connectivity index (χ1) is 7.20. The Bertz CT molecular complexity index is 323. The van der Waals surface area contributed by atoms with E-state index in [1.165, 1.54) is 12.0 Å². The highest BCUT2D eigenvalue weighted by Crippen LogP contribution is 2.33. The maximum Gasteiger partial charge on any atom is 0.0348 e. The maximum absolute atomic E-state index is 5.73. The molecule has 0 aromatic heterocycles. The minimum atomic E-state index is 0.548. The summed E-state index contributed by atoms with van der Waals surface area (Å²) in [6.07, 6.45) is 1.19. The first kappa shape index (κ1) is 11.1. The molecule has 3 heteroatoms. The second-order valence-electron chi connectivity index (χ2n) is 4.34. The molecule has 2 N–H and O–H groups in total. The van der Waals surface area contributed by atoms with Crippen LogP contribution in [0, 0.1) is 5.92 Å². The van der Waals surface area contributed by atoms with Crippen LogP contribution in [0.15, 0.2) is 28.7 Å². The van der Waals surface area contributed by atoms with E-state index in [2.05, 4.69) is 52.1 Å². The number of benzene rings is 1. The first-order valence-corrected chi connectivity index (χ1v) is 6.15. The number of hydrogen-bond donors (Lipinski definition) is 1. The van der Waals surface area contributed by atoms with Crippen LogP contribution in [0.25, 0.3) is 0 Å². The minimum Gasteiger partial charge on any atom is -0.330 e. The fraction of sp³-hybridized carbons (Fsp3) is 0.500. The van der Waals surface area contributed by atoms with Gasteiger partial charge >= 0.3 is 0 Å². The van der Waals surface area contributed by atoms with E-state index in [1.807, 2.05) is 0 Å². The van der Waals surface area contributed by atoms with Crippen LogP contribution < -0.4 is 5.73 Å². The van der Waals surface area contributed by atoms with Crippen LogP contribution in [-0.4, -0.2) is 25.0 Å². The van der Waals surface area contributed by atoms with Crippen molar-refractivity contribution in [2.45, 2.75) is 12.5 Å². The summed E-state index contributed by atoms with van der Waals surface area (Å²) < 4.78 is 1.14. The highest BCUT2D eigenvalue weighted by atomic mass is 79.9. The summed E-state index contributed by atoms with van der Waals surface area (Å²) >= 11 is 3.46. The zero-order valence-electron chi connectivity index (χ0n) is 8.99. The molecule has 1 aliphatic heterocycles. The molecule has 0 amide bonds. The molecular weight excluding hydrogens is 252 g/mol. The van der Waals surface area contributed by atoms with Gasteiger partial charge in [0, 0.05) is 17.1 Å². The Labute approximate surface area is 99.6 Å². The van der Waals surface area contributed by atoms with E-state index in [1.54, 1.807) is 0 Å². The molecule has 2 unspecified atom stereocenters. The van der Waals surface area contributed by atoms with Gasteiger partial charge in [-0.15, -0.1) is 0 Å². The topological polar surface area (TPSA) is 29.3 Å². The molecule has 1 heterocycles. The third-order valence-electron chi connectivity index (χ3n) is 3.22. The lowest BCUT2D eigenvalue weighted by molar-refractivity contribution is 0.313. The third kappa shape index (κ3) is 2.41. The fourth-order valence-corrected chi connectivity index (χ4v) is 2.62. The van der Waals surface area contributed by atoms with Crippen molar-refractivity contribution in [1.82, 2.24) is 4.90 Å². The van der Waals surface area contributed by atoms with Crippen LogP contribution in [0.4, 0.5) is 0 Å². The number of nitrogens with zero attached hydrogens (tertiary/aromatic N) is 1. The van der Waals surface area contributed by atoms with Gasteiger partial charge in [-0.2, -0.15) is 0 Å². The Morgan fingerprint density at radius 3 is 2.60 bits per heavy atom. The highest BCUT2D eigenvalue weighted by molar-refractivity contribution is 9.10. The Kier molecular flexibility index (Phi) is 3.44. The van der Waals surface area contributed by atoms with Crippen molar-refractivity contribution in [2.75, 3.05) is 20.1 Å². The molecule has 0 bridgehead atoms. The summed E-state index contributed by atoms with van der Waals surface area (Å²) in [7, 11) is 2.18. The van der Waals surface area contributed by atoms with Crippen LogP contribution in [0.2, 0.25) is 0 Å². The van der Waals surface area contributed by atoms with Crippen LogP contribution >= 0.6 is 15.9 Å². The molecule has 0 radical (unpaired) electrons. The lowest BCUT2D eigenvalue weighted by Crippen LogP contribution is -2.20. The number of nitrogens with two attached hydrogens (primary N) is 1. The van der Waals surface area contributed by atoms with Gasteiger partial charge in [-0.25, -0.2) is 0 Å². The van der Waals surface area contributed by atoms with Crippen LogP contribution in [0.5, 0.6) is 0 Å². The van der Waals surface area contributed by atoms with Crippen molar-refractivity contribution in [3.05, 3.63) is 34.3 Å². The van der Waals surface area contributed by atoms with Crippen molar-refractivity contribution >= 4 is 15.9 Å². The number of rotatable bonds is 2. The number of hydrogen-bond acceptors (Lipinski definition) is 2. The van der Waals surface area contributed by atoms with Crippen molar-refractivity contribution < 1.29 is 0 Å². The summed E-state index contributed by atoms with van der Waals surface area (Å²) in [5.74, 6) is 0.656. The Balaban J connectivity index is 2.14. The molecular formula is C12H17BrN2. The SMILES string of the molecule is CN1CC(CN)CC1c1ccc(Br)cc1. The van der Waals surface area contributed by atoms with Crippen LogP contribution in [0.3, 0.4) is 0 Å². The molecule has 1 saturated heterocycles. The number of halogens is 1. The largest absolute Gasteiger partial charge is 0.330 e. The molecule has 2 nitrogen and oxygen atoms in total. The average molecular weight is 269 g/mol. The summed E-state index contributed by atoms with van der Waals surface area (Å²) in [5, 5.41) is 0. The normalized spacial score (nSPS) is 27.1. The molecule has 2 rings (SSSR count). The molecule has 15 heavy (non-hydrogen) atoms. The van der Waals surface area contributed by atoms with E-state index in [-0.39, 0.29) is 0 Å². The van der Waals surface area contributed by atoms with Gasteiger partial charge in [0.2, 0.25) is 0 Å². The molecule has 82 valence electrons. The van der Waals surface area contributed by atoms with E-state index in [0.29, 0.717) is 12.0 Å². The molecule has 0 saturated carbocycles. The van der Waals surface area contributed by atoms with E-state index >= 15 is 0 Å². The molecule has 1 aliphatic rings. The molecule has 2 atom stereocenters. The number of likely N-dealkylation sites (tertiary alicyclic amines) is 1. The van der Waals surface area contributed by atoms with Crippen molar-refractivity contribution in [3.8, 4) is 0 Å². The average Bonchev–Trinajstić information content (AvgIpc) is 2.61. The Morgan fingerprint density at radius 2 is 2.07 bits per heavy atom. The Hall–Kier alpha value is -0.380. The zero-order valence-corrected chi connectivity index (χ0v) is 10.6. The molecule has 1 fully saturated rings. The van der Waals surface area contributed by atoms with Gasteiger partial charge in [-0.1, -0.05) is 28.1 Å². The highest BCUT2D eigenvalue weighted by Gasteiger charge is 2.29. The maximum atomic E-state index is 5.73. The summed E-state index contributed by atoms with van der Waals surface area (Å²) in [6.45, 7) is 1.93. The van der Waals surface area contributed by atoms with E-state index in [0.717, 1.165) is 17.6 Å². The van der Waals surface area contributed by atoms with Gasteiger partial charge in [-0.3, -0.25) is 4.90 Å². The predicted octanol–water partition coefficient (Wildman–Crippen LogP) is 2.40. The summed E-state index contributed by atoms with van der Waals surface area (Å²) in [5.41, 5.74) is 7.13. The lowest BCUT2D eigenvalue weighted by Gasteiger charge is -2.19. The smallest absolute Gasteiger partial charge is 0.0348 e. The summed E-state index contributed by atoms with van der Waals surface area (Å²) in [4.78, 5) is 2.40. The van der Waals surface area contributed by atoms with Gasteiger partial charge in [0.25, 0.3) is 0 Å². The fourth-order valence-electron chi connectivity index (χ4n) is 2.35. The van der Waals surface area contributed by atoms with Gasteiger partial charge in [0.1, 0.15) is 0 Å².